The highest BCUT2D eigenvalue weighted by molar-refractivity contribution is 5.80. The summed E-state index contributed by atoms with van der Waals surface area (Å²) in [5.41, 5.74) is 0.766. The summed E-state index contributed by atoms with van der Waals surface area (Å²) in [4.78, 5) is 18.0. The van der Waals surface area contributed by atoms with Crippen LogP contribution < -0.4 is 15.4 Å². The quantitative estimate of drug-likeness (QED) is 0.586. The molecule has 2 N–H and O–H groups in total. The van der Waals surface area contributed by atoms with Crippen molar-refractivity contribution in [2.75, 3.05) is 33.4 Å². The van der Waals surface area contributed by atoms with E-state index in [9.17, 15) is 9.18 Å². The van der Waals surface area contributed by atoms with Crippen LogP contribution in [0.3, 0.4) is 0 Å². The van der Waals surface area contributed by atoms with Crippen LogP contribution in [0, 0.1) is 5.82 Å². The van der Waals surface area contributed by atoms with Crippen LogP contribution in [0.25, 0.3) is 0 Å². The van der Waals surface area contributed by atoms with Crippen molar-refractivity contribution < 1.29 is 18.7 Å². The number of nitrogens with zero attached hydrogens (tertiary/aromatic N) is 2. The van der Waals surface area contributed by atoms with Crippen molar-refractivity contribution >= 4 is 12.1 Å². The molecule has 0 aliphatic carbocycles. The largest absolute Gasteiger partial charge is 0.494 e. The number of halogens is 1. The lowest BCUT2D eigenvalue weighted by Crippen LogP contribution is -2.49. The fourth-order valence-electron chi connectivity index (χ4n) is 2.91. The molecule has 8 heteroatoms. The van der Waals surface area contributed by atoms with Crippen LogP contribution in [-0.4, -0.2) is 56.3 Å². The minimum atomic E-state index is -0.394. The van der Waals surface area contributed by atoms with Crippen molar-refractivity contribution in [2.45, 2.75) is 39.3 Å². The van der Waals surface area contributed by atoms with Gasteiger partial charge in [0.25, 0.3) is 0 Å². The van der Waals surface area contributed by atoms with E-state index in [0.29, 0.717) is 32.2 Å². The minimum absolute atomic E-state index is 0.223. The van der Waals surface area contributed by atoms with Crippen molar-refractivity contribution in [3.05, 3.63) is 29.6 Å². The predicted molar refractivity (Wildman–Crippen MR) is 103 cm³/mol. The third kappa shape index (κ3) is 6.30. The van der Waals surface area contributed by atoms with Gasteiger partial charge in [-0.2, -0.15) is 0 Å². The van der Waals surface area contributed by atoms with Crippen molar-refractivity contribution in [1.82, 2.24) is 15.5 Å². The highest BCUT2D eigenvalue weighted by atomic mass is 19.1. The topological polar surface area (TPSA) is 75.2 Å². The van der Waals surface area contributed by atoms with Gasteiger partial charge < -0.3 is 25.0 Å². The third-order valence-electron chi connectivity index (χ3n) is 4.34. The Kier molecular flexibility index (Phi) is 8.16. The molecule has 0 aromatic heterocycles. The summed E-state index contributed by atoms with van der Waals surface area (Å²) in [5.74, 6) is 0.513. The maximum absolute atomic E-state index is 13.8. The van der Waals surface area contributed by atoms with Gasteiger partial charge in [-0.3, -0.25) is 0 Å². The molecule has 1 aromatic rings. The van der Waals surface area contributed by atoms with Gasteiger partial charge in [-0.25, -0.2) is 14.2 Å². The molecule has 0 bridgehead atoms. The number of rotatable bonds is 6. The zero-order chi connectivity index (χ0) is 19.6. The van der Waals surface area contributed by atoms with E-state index in [1.54, 1.807) is 24.0 Å². The molecular formula is C19H29FN4O3. The molecule has 150 valence electrons. The summed E-state index contributed by atoms with van der Waals surface area (Å²) < 4.78 is 23.8. The molecule has 0 unspecified atom stereocenters. The summed E-state index contributed by atoms with van der Waals surface area (Å²) in [6, 6.07) is 5.06. The molecule has 1 saturated heterocycles. The first-order chi connectivity index (χ1) is 13.1. The molecule has 0 spiro atoms. The molecular weight excluding hydrogens is 351 g/mol. The highest BCUT2D eigenvalue weighted by Gasteiger charge is 2.24. The number of nitrogens with one attached hydrogen (secondary N) is 2. The molecule has 0 saturated carbocycles. The number of piperidine rings is 1. The molecule has 1 aliphatic heterocycles. The average Bonchev–Trinajstić information content (AvgIpc) is 2.67. The third-order valence-corrected chi connectivity index (χ3v) is 4.34. The van der Waals surface area contributed by atoms with Crippen molar-refractivity contribution in [2.24, 2.45) is 4.99 Å². The number of carbonyl (C=O) groups is 1. The number of ether oxygens (including phenoxy) is 2. The maximum Gasteiger partial charge on any atom is 0.409 e. The number of hydrogen-bond acceptors (Lipinski definition) is 4. The molecule has 1 amide bonds. The fraction of sp³-hybridized carbons (Fsp3) is 0.579. The normalized spacial score (nSPS) is 15.4. The minimum Gasteiger partial charge on any atom is -0.494 e. The first kappa shape index (κ1) is 20.8. The fourth-order valence-corrected chi connectivity index (χ4v) is 2.91. The van der Waals surface area contributed by atoms with Crippen LogP contribution in [0.1, 0.15) is 32.3 Å². The second-order valence-corrected chi connectivity index (χ2v) is 6.27. The molecule has 1 aromatic carbocycles. The molecule has 0 atom stereocenters. The monoisotopic (exact) mass is 380 g/mol. The van der Waals surface area contributed by atoms with E-state index in [4.69, 9.17) is 9.47 Å². The summed E-state index contributed by atoms with van der Waals surface area (Å²) in [6.45, 7) is 6.58. The maximum atomic E-state index is 13.8. The van der Waals surface area contributed by atoms with Gasteiger partial charge in [-0.1, -0.05) is 6.07 Å². The number of guanidine groups is 1. The van der Waals surface area contributed by atoms with Crippen LogP contribution in [0.2, 0.25) is 0 Å². The van der Waals surface area contributed by atoms with Crippen molar-refractivity contribution in [3.8, 4) is 5.75 Å². The molecule has 7 nitrogen and oxygen atoms in total. The first-order valence-corrected chi connectivity index (χ1v) is 9.36. The Hall–Kier alpha value is -2.51. The van der Waals surface area contributed by atoms with Crippen LogP contribution in [-0.2, 0) is 11.3 Å². The van der Waals surface area contributed by atoms with Crippen LogP contribution in [0.5, 0.6) is 5.75 Å². The SMILES string of the molecule is CCNC(=NCc1ccc(OC)c(F)c1)NC1CCN(C(=O)OCC)CC1. The standard InChI is InChI=1S/C19H29FN4O3/c1-4-21-18(22-13-14-6-7-17(26-3)16(20)12-14)23-15-8-10-24(11-9-15)19(25)27-5-2/h6-7,12,15H,4-5,8-11,13H2,1-3H3,(H2,21,22,23). The predicted octanol–water partition coefficient (Wildman–Crippen LogP) is 2.51. The second kappa shape index (κ2) is 10.6. The molecule has 1 heterocycles. The number of hydrogen-bond donors (Lipinski definition) is 2. The summed E-state index contributed by atoms with van der Waals surface area (Å²) >= 11 is 0. The van der Waals surface area contributed by atoms with E-state index >= 15 is 0 Å². The van der Waals surface area contributed by atoms with Gasteiger partial charge in [-0.05, 0) is 44.4 Å². The number of carbonyl (C=O) groups excluding carboxylic acids is 1. The Morgan fingerprint density at radius 3 is 2.67 bits per heavy atom. The van der Waals surface area contributed by atoms with E-state index in [1.165, 1.54) is 13.2 Å². The number of likely N-dealkylation sites (tertiary alicyclic amines) is 1. The van der Waals surface area contributed by atoms with Crippen LogP contribution in [0.4, 0.5) is 9.18 Å². The van der Waals surface area contributed by atoms with Gasteiger partial charge in [-0.15, -0.1) is 0 Å². The van der Waals surface area contributed by atoms with Gasteiger partial charge in [0, 0.05) is 25.7 Å². The van der Waals surface area contributed by atoms with Gasteiger partial charge in [0.1, 0.15) is 0 Å². The smallest absolute Gasteiger partial charge is 0.409 e. The van der Waals surface area contributed by atoms with E-state index < -0.39 is 5.82 Å². The first-order valence-electron chi connectivity index (χ1n) is 9.36. The zero-order valence-electron chi connectivity index (χ0n) is 16.3. The van der Waals surface area contributed by atoms with E-state index in [-0.39, 0.29) is 17.9 Å². The number of aliphatic imine (C=N–C) groups is 1. The summed E-state index contributed by atoms with van der Waals surface area (Å²) in [5, 5.41) is 6.60. The van der Waals surface area contributed by atoms with E-state index in [1.807, 2.05) is 6.92 Å². The Morgan fingerprint density at radius 2 is 2.07 bits per heavy atom. The highest BCUT2D eigenvalue weighted by Crippen LogP contribution is 2.18. The Balaban J connectivity index is 1.90. The Labute approximate surface area is 159 Å². The van der Waals surface area contributed by atoms with Crippen LogP contribution >= 0.6 is 0 Å². The van der Waals surface area contributed by atoms with Gasteiger partial charge in [0.05, 0.1) is 20.3 Å². The second-order valence-electron chi connectivity index (χ2n) is 6.27. The lowest BCUT2D eigenvalue weighted by Gasteiger charge is -2.32. The van der Waals surface area contributed by atoms with Gasteiger partial charge in [0.15, 0.2) is 17.5 Å². The zero-order valence-corrected chi connectivity index (χ0v) is 16.3. The van der Waals surface area contributed by atoms with Crippen molar-refractivity contribution in [1.29, 1.82) is 0 Å². The summed E-state index contributed by atoms with van der Waals surface area (Å²) in [6.07, 6.45) is 1.39. The van der Waals surface area contributed by atoms with Gasteiger partial charge >= 0.3 is 6.09 Å². The van der Waals surface area contributed by atoms with E-state index in [2.05, 4.69) is 15.6 Å². The lowest BCUT2D eigenvalue weighted by molar-refractivity contribution is 0.0963. The van der Waals surface area contributed by atoms with E-state index in [0.717, 1.165) is 24.9 Å². The molecule has 27 heavy (non-hydrogen) atoms. The number of amides is 1. The number of benzene rings is 1. The average molecular weight is 380 g/mol. The van der Waals surface area contributed by atoms with Crippen LogP contribution in [0.15, 0.2) is 23.2 Å². The van der Waals surface area contributed by atoms with Crippen molar-refractivity contribution in [3.63, 3.8) is 0 Å². The Bertz CT molecular complexity index is 646. The summed E-state index contributed by atoms with van der Waals surface area (Å²) in [7, 11) is 1.44. The molecule has 1 aliphatic rings. The number of methoxy groups -OCH3 is 1. The molecule has 1 fully saturated rings. The molecule has 2 rings (SSSR count). The molecule has 0 radical (unpaired) electrons. The Morgan fingerprint density at radius 1 is 1.33 bits per heavy atom. The lowest BCUT2D eigenvalue weighted by atomic mass is 10.1. The van der Waals surface area contributed by atoms with Gasteiger partial charge in [0.2, 0.25) is 0 Å².